The van der Waals surface area contributed by atoms with Gasteiger partial charge in [-0.1, -0.05) is 76.2 Å². The third-order valence-corrected chi connectivity index (χ3v) is 14.3. The summed E-state index contributed by atoms with van der Waals surface area (Å²) in [5.41, 5.74) is -2.60. The average molecular weight is 592 g/mol. The Balaban J connectivity index is 2.34. The van der Waals surface area contributed by atoms with E-state index in [-0.39, 0.29) is 47.7 Å². The Hall–Kier alpha value is -1.77. The Labute approximate surface area is 247 Å². The van der Waals surface area contributed by atoms with E-state index in [1.165, 1.54) is 16.8 Å². The van der Waals surface area contributed by atoms with Crippen LogP contribution in [0.5, 0.6) is 0 Å². The number of H-pyrrole nitrogens is 1. The zero-order chi connectivity index (χ0) is 31.3. The number of nitriles is 1. The molecular weight excluding hydrogens is 538 g/mol. The average Bonchev–Trinajstić information content (AvgIpc) is 3.09. The summed E-state index contributed by atoms with van der Waals surface area (Å²) < 4.78 is 29.7. The summed E-state index contributed by atoms with van der Waals surface area (Å²) in [5, 5.41) is 10.8. The Morgan fingerprint density at radius 3 is 2.00 bits per heavy atom. The first-order chi connectivity index (χ1) is 18.7. The van der Waals surface area contributed by atoms with Crippen LogP contribution in [0.25, 0.3) is 0 Å². The SMILES string of the molecule is CC(C)C1(C(C)C)OC[C@H]2C[C@@](C#N)(n3ccc(=O)[nH]c3=O)[C@H](O[Si](C)(C)C(C)(C)C)[C@@H]2OC(C(C)C)(C(C)C)O1. The largest absolute Gasteiger partial charge is 0.408 e. The number of hydrogen-bond acceptors (Lipinski definition) is 7. The van der Waals surface area contributed by atoms with Crippen molar-refractivity contribution in [1.29, 1.82) is 5.26 Å². The van der Waals surface area contributed by atoms with Gasteiger partial charge >= 0.3 is 5.69 Å². The molecule has 2 fully saturated rings. The fraction of sp³-hybridized carbons (Fsp3) is 0.839. The number of aromatic nitrogens is 2. The predicted molar refractivity (Wildman–Crippen MR) is 162 cm³/mol. The van der Waals surface area contributed by atoms with Crippen LogP contribution >= 0.6 is 0 Å². The molecule has 1 saturated heterocycles. The number of hydrogen-bond donors (Lipinski definition) is 1. The zero-order valence-corrected chi connectivity index (χ0v) is 28.5. The van der Waals surface area contributed by atoms with E-state index in [0.29, 0.717) is 0 Å². The standard InChI is InChI=1S/C31H53N3O6Si/c1-19(2)30(20(3)4)37-17-23-16-29(18-32,34-15-14-24(35)33-27(34)36)26(39-41(12,13)28(9,10)11)25(23)38-31(40-30,21(5)6)22(7)8/h14-15,19-23,25-26H,16-17H2,1-13H3,(H,33,35,36)/t23-,25-,26-,29+/m1/s1. The molecule has 41 heavy (non-hydrogen) atoms. The van der Waals surface area contributed by atoms with Gasteiger partial charge in [0.2, 0.25) is 0 Å². The summed E-state index contributed by atoms with van der Waals surface area (Å²) in [4.78, 5) is 27.7. The monoisotopic (exact) mass is 591 g/mol. The maximum absolute atomic E-state index is 13.3. The lowest BCUT2D eigenvalue weighted by Gasteiger charge is -2.55. The van der Waals surface area contributed by atoms with E-state index in [1.54, 1.807) is 0 Å². The molecule has 2 aliphatic rings. The lowest BCUT2D eigenvalue weighted by atomic mass is 9.85. The van der Waals surface area contributed by atoms with Crippen LogP contribution in [0.4, 0.5) is 0 Å². The molecule has 9 nitrogen and oxygen atoms in total. The predicted octanol–water partition coefficient (Wildman–Crippen LogP) is 5.61. The first kappa shape index (κ1) is 33.7. The van der Waals surface area contributed by atoms with Crippen LogP contribution in [0.15, 0.2) is 21.9 Å². The maximum Gasteiger partial charge on any atom is 0.329 e. The molecule has 0 amide bonds. The van der Waals surface area contributed by atoms with Gasteiger partial charge in [0.05, 0.1) is 18.8 Å². The molecule has 10 heteroatoms. The summed E-state index contributed by atoms with van der Waals surface area (Å²) in [6.45, 7) is 27.7. The Morgan fingerprint density at radius 2 is 1.56 bits per heavy atom. The van der Waals surface area contributed by atoms with Crippen LogP contribution in [-0.2, 0) is 24.2 Å². The van der Waals surface area contributed by atoms with Gasteiger partial charge in [0.25, 0.3) is 5.56 Å². The minimum Gasteiger partial charge on any atom is -0.408 e. The van der Waals surface area contributed by atoms with Gasteiger partial charge in [-0.05, 0) is 24.6 Å². The van der Waals surface area contributed by atoms with Gasteiger partial charge in [0.15, 0.2) is 25.4 Å². The Kier molecular flexibility index (Phi) is 9.36. The highest BCUT2D eigenvalue weighted by Crippen LogP contribution is 2.53. The van der Waals surface area contributed by atoms with Crippen LogP contribution in [0, 0.1) is 40.9 Å². The van der Waals surface area contributed by atoms with Gasteiger partial charge in [0, 0.05) is 41.9 Å². The smallest absolute Gasteiger partial charge is 0.329 e. The van der Waals surface area contributed by atoms with Crippen molar-refractivity contribution >= 4 is 8.32 Å². The molecule has 3 rings (SSSR count). The minimum atomic E-state index is -2.51. The maximum atomic E-state index is 13.3. The summed E-state index contributed by atoms with van der Waals surface area (Å²) in [7, 11) is -2.51. The van der Waals surface area contributed by atoms with Crippen molar-refractivity contribution < 1.29 is 18.6 Å². The molecule has 4 atom stereocenters. The lowest BCUT2D eigenvalue weighted by molar-refractivity contribution is -0.437. The van der Waals surface area contributed by atoms with E-state index in [2.05, 4.69) is 100 Å². The van der Waals surface area contributed by atoms with Crippen molar-refractivity contribution in [3.8, 4) is 6.07 Å². The molecule has 232 valence electrons. The third-order valence-electron chi connectivity index (χ3n) is 9.86. The van der Waals surface area contributed by atoms with Gasteiger partial charge in [-0.3, -0.25) is 14.3 Å². The number of fused-ring (bicyclic) bond motifs is 1. The molecule has 1 aliphatic carbocycles. The van der Waals surface area contributed by atoms with Gasteiger partial charge < -0.3 is 18.6 Å². The first-order valence-electron chi connectivity index (χ1n) is 15.1. The van der Waals surface area contributed by atoms with Gasteiger partial charge in [-0.15, -0.1) is 0 Å². The molecule has 1 N–H and O–H groups in total. The second-order valence-corrected chi connectivity index (χ2v) is 19.6. The van der Waals surface area contributed by atoms with Crippen LogP contribution in [-0.4, -0.2) is 48.3 Å². The molecule has 2 heterocycles. The fourth-order valence-electron chi connectivity index (χ4n) is 6.41. The Bertz CT molecular complexity index is 1220. The molecule has 1 saturated carbocycles. The van der Waals surface area contributed by atoms with E-state index in [9.17, 15) is 14.9 Å². The lowest BCUT2D eigenvalue weighted by Crippen LogP contribution is -2.63. The summed E-state index contributed by atoms with van der Waals surface area (Å²) in [5.74, 6) is -2.37. The summed E-state index contributed by atoms with van der Waals surface area (Å²) in [6.07, 6.45) is 0.257. The number of ether oxygens (including phenoxy) is 3. The number of nitrogens with zero attached hydrogens (tertiary/aromatic N) is 2. The number of aromatic amines is 1. The van der Waals surface area contributed by atoms with Crippen LogP contribution in [0.1, 0.15) is 82.6 Å². The minimum absolute atomic E-state index is 0.0164. The third kappa shape index (κ3) is 5.65. The summed E-state index contributed by atoms with van der Waals surface area (Å²) in [6, 6.07) is 3.77. The van der Waals surface area contributed by atoms with E-state index in [1.807, 2.05) is 0 Å². The molecule has 1 aliphatic heterocycles. The van der Waals surface area contributed by atoms with Crippen molar-refractivity contribution in [2.24, 2.45) is 29.6 Å². The highest BCUT2D eigenvalue weighted by atomic mass is 28.4. The van der Waals surface area contributed by atoms with Gasteiger partial charge in [-0.25, -0.2) is 4.79 Å². The molecule has 0 radical (unpaired) electrons. The Morgan fingerprint density at radius 1 is 1.02 bits per heavy atom. The van der Waals surface area contributed by atoms with Crippen LogP contribution < -0.4 is 11.2 Å². The quantitative estimate of drug-likeness (QED) is 0.410. The fourth-order valence-corrected chi connectivity index (χ4v) is 7.73. The molecule has 0 spiro atoms. The van der Waals surface area contributed by atoms with E-state index in [4.69, 9.17) is 18.6 Å². The highest BCUT2D eigenvalue weighted by molar-refractivity contribution is 6.74. The summed E-state index contributed by atoms with van der Waals surface area (Å²) >= 11 is 0. The number of nitrogens with one attached hydrogen (secondary N) is 1. The van der Waals surface area contributed by atoms with Crippen LogP contribution in [0.3, 0.4) is 0 Å². The molecular formula is C31H53N3O6Si. The van der Waals surface area contributed by atoms with Crippen molar-refractivity contribution in [1.82, 2.24) is 9.55 Å². The van der Waals surface area contributed by atoms with E-state index < -0.39 is 48.9 Å². The topological polar surface area (TPSA) is 116 Å². The van der Waals surface area contributed by atoms with Crippen molar-refractivity contribution in [3.05, 3.63) is 33.1 Å². The van der Waals surface area contributed by atoms with E-state index >= 15 is 0 Å². The molecule has 1 aromatic heterocycles. The zero-order valence-electron chi connectivity index (χ0n) is 27.5. The normalized spacial score (nSPS) is 28.5. The molecule has 0 unspecified atom stereocenters. The molecule has 0 bridgehead atoms. The van der Waals surface area contributed by atoms with Gasteiger partial charge in [-0.2, -0.15) is 5.26 Å². The van der Waals surface area contributed by atoms with Crippen molar-refractivity contribution in [2.45, 2.75) is 130 Å². The first-order valence-corrected chi connectivity index (χ1v) is 18.0. The van der Waals surface area contributed by atoms with Crippen LogP contribution in [0.2, 0.25) is 18.1 Å². The van der Waals surface area contributed by atoms with Gasteiger partial charge in [0.1, 0.15) is 6.10 Å². The molecule has 0 aromatic carbocycles. The van der Waals surface area contributed by atoms with E-state index in [0.717, 1.165) is 0 Å². The second kappa shape index (κ2) is 11.4. The number of rotatable bonds is 7. The molecule has 1 aromatic rings. The second-order valence-electron chi connectivity index (χ2n) is 14.8. The van der Waals surface area contributed by atoms with Crippen molar-refractivity contribution in [2.75, 3.05) is 6.61 Å². The highest BCUT2D eigenvalue weighted by Gasteiger charge is 2.64. The van der Waals surface area contributed by atoms with Crippen molar-refractivity contribution in [3.63, 3.8) is 0 Å².